The van der Waals surface area contributed by atoms with Crippen molar-refractivity contribution in [3.8, 4) is 0 Å². The average molecular weight is 250 g/mol. The van der Waals surface area contributed by atoms with Crippen molar-refractivity contribution in [1.29, 1.82) is 0 Å². The smallest absolute Gasteiger partial charge is 0.210 e. The van der Waals surface area contributed by atoms with E-state index in [1.54, 1.807) is 18.2 Å². The Hall–Kier alpha value is -1.42. The Bertz CT molecular complexity index is 616. The highest BCUT2D eigenvalue weighted by Crippen LogP contribution is 2.36. The van der Waals surface area contributed by atoms with Crippen molar-refractivity contribution in [3.05, 3.63) is 40.8 Å². The van der Waals surface area contributed by atoms with Crippen LogP contribution in [0.3, 0.4) is 0 Å². The van der Waals surface area contributed by atoms with Gasteiger partial charge in [0.1, 0.15) is 4.91 Å². The molecular weight excluding hydrogens is 236 g/mol. The van der Waals surface area contributed by atoms with Gasteiger partial charge in [-0.25, -0.2) is 8.42 Å². The van der Waals surface area contributed by atoms with Crippen molar-refractivity contribution in [2.75, 3.05) is 0 Å². The highest BCUT2D eigenvalue weighted by atomic mass is 32.2. The number of sulfone groups is 1. The standard InChI is InChI=1S/C13H14O3S/c1-13(2,3)8-11-12(14)9-6-4-5-7-10(9)17(11,15)16/h4-8H,1-3H3. The minimum Gasteiger partial charge on any atom is -0.288 e. The van der Waals surface area contributed by atoms with Gasteiger partial charge in [0.05, 0.1) is 4.90 Å². The van der Waals surface area contributed by atoms with Gasteiger partial charge in [0, 0.05) is 5.56 Å². The quantitative estimate of drug-likeness (QED) is 0.665. The molecule has 1 aromatic carbocycles. The van der Waals surface area contributed by atoms with Crippen molar-refractivity contribution in [3.63, 3.8) is 0 Å². The van der Waals surface area contributed by atoms with Gasteiger partial charge in [-0.1, -0.05) is 39.0 Å². The minimum atomic E-state index is -3.62. The lowest BCUT2D eigenvalue weighted by atomic mass is 9.95. The van der Waals surface area contributed by atoms with Crippen LogP contribution in [-0.4, -0.2) is 14.2 Å². The van der Waals surface area contributed by atoms with Crippen LogP contribution in [0.25, 0.3) is 0 Å². The van der Waals surface area contributed by atoms with Gasteiger partial charge in [0.15, 0.2) is 0 Å². The van der Waals surface area contributed by atoms with E-state index in [1.165, 1.54) is 12.1 Å². The van der Waals surface area contributed by atoms with Gasteiger partial charge in [0.25, 0.3) is 0 Å². The average Bonchev–Trinajstić information content (AvgIpc) is 2.39. The van der Waals surface area contributed by atoms with Crippen LogP contribution >= 0.6 is 0 Å². The third-order valence-electron chi connectivity index (χ3n) is 2.50. The SMILES string of the molecule is CC(C)(C)C=C1C(=O)c2ccccc2S1(=O)=O. The summed E-state index contributed by atoms with van der Waals surface area (Å²) in [5.74, 6) is -0.393. The van der Waals surface area contributed by atoms with Crippen LogP contribution in [-0.2, 0) is 9.84 Å². The molecule has 0 spiro atoms. The number of hydrogen-bond donors (Lipinski definition) is 0. The summed E-state index contributed by atoms with van der Waals surface area (Å²) in [4.78, 5) is 12.1. The molecule has 0 saturated heterocycles. The topological polar surface area (TPSA) is 51.2 Å². The van der Waals surface area contributed by atoms with Crippen molar-refractivity contribution in [1.82, 2.24) is 0 Å². The summed E-state index contributed by atoms with van der Waals surface area (Å²) in [7, 11) is -3.62. The van der Waals surface area contributed by atoms with Crippen molar-refractivity contribution >= 4 is 15.6 Å². The van der Waals surface area contributed by atoms with Gasteiger partial charge in [-0.15, -0.1) is 0 Å². The second-order valence-corrected chi connectivity index (χ2v) is 7.09. The molecule has 1 aromatic rings. The second kappa shape index (κ2) is 3.53. The van der Waals surface area contributed by atoms with E-state index in [-0.39, 0.29) is 20.8 Å². The molecule has 90 valence electrons. The molecule has 1 heterocycles. The van der Waals surface area contributed by atoms with E-state index in [0.717, 1.165) is 0 Å². The molecule has 3 nitrogen and oxygen atoms in total. The second-order valence-electron chi connectivity index (χ2n) is 5.20. The number of benzene rings is 1. The van der Waals surface area contributed by atoms with E-state index in [4.69, 9.17) is 0 Å². The molecule has 0 fully saturated rings. The molecule has 1 aliphatic rings. The molecule has 0 amide bonds. The van der Waals surface area contributed by atoms with Crippen LogP contribution in [0.2, 0.25) is 0 Å². The molecule has 0 saturated carbocycles. The van der Waals surface area contributed by atoms with Gasteiger partial charge in [0.2, 0.25) is 15.6 Å². The third kappa shape index (κ3) is 1.93. The maximum atomic E-state index is 12.2. The first-order valence-corrected chi connectivity index (χ1v) is 6.83. The lowest BCUT2D eigenvalue weighted by Crippen LogP contribution is -2.09. The lowest BCUT2D eigenvalue weighted by Gasteiger charge is -2.12. The van der Waals surface area contributed by atoms with E-state index >= 15 is 0 Å². The van der Waals surface area contributed by atoms with Crippen LogP contribution < -0.4 is 0 Å². The Labute approximate surface area is 101 Å². The van der Waals surface area contributed by atoms with Crippen molar-refractivity contribution in [2.24, 2.45) is 5.41 Å². The summed E-state index contributed by atoms with van der Waals surface area (Å²) in [6, 6.07) is 6.33. The Kier molecular flexibility index (Phi) is 2.51. The van der Waals surface area contributed by atoms with E-state index < -0.39 is 15.6 Å². The Morgan fingerprint density at radius 2 is 1.71 bits per heavy atom. The van der Waals surface area contributed by atoms with Gasteiger partial charge in [-0.2, -0.15) is 0 Å². The van der Waals surface area contributed by atoms with E-state index in [0.29, 0.717) is 0 Å². The van der Waals surface area contributed by atoms with Crippen molar-refractivity contribution in [2.45, 2.75) is 25.7 Å². The fourth-order valence-corrected chi connectivity index (χ4v) is 3.61. The molecular formula is C13H14O3S. The number of rotatable bonds is 0. The molecule has 0 bridgehead atoms. The molecule has 0 atom stereocenters. The summed E-state index contributed by atoms with van der Waals surface area (Å²) in [5, 5.41) is 0. The highest BCUT2D eigenvalue weighted by molar-refractivity contribution is 7.97. The number of allylic oxidation sites excluding steroid dienone is 2. The van der Waals surface area contributed by atoms with Crippen LogP contribution in [0, 0.1) is 5.41 Å². The zero-order valence-electron chi connectivity index (χ0n) is 10.0. The van der Waals surface area contributed by atoms with Gasteiger partial charge in [-0.3, -0.25) is 4.79 Å². The molecule has 0 N–H and O–H groups in total. The Balaban J connectivity index is 2.72. The van der Waals surface area contributed by atoms with E-state index in [1.807, 2.05) is 20.8 Å². The Morgan fingerprint density at radius 3 is 2.24 bits per heavy atom. The largest absolute Gasteiger partial charge is 0.288 e. The van der Waals surface area contributed by atoms with Crippen LogP contribution in [0.4, 0.5) is 0 Å². The van der Waals surface area contributed by atoms with Crippen LogP contribution in [0.5, 0.6) is 0 Å². The summed E-state index contributed by atoms with van der Waals surface area (Å²) in [6.45, 7) is 5.60. The molecule has 1 aliphatic heterocycles. The molecule has 17 heavy (non-hydrogen) atoms. The summed E-state index contributed by atoms with van der Waals surface area (Å²) in [6.07, 6.45) is 1.53. The number of carbonyl (C=O) groups is 1. The third-order valence-corrected chi connectivity index (χ3v) is 4.32. The molecule has 0 aliphatic carbocycles. The zero-order valence-corrected chi connectivity index (χ0v) is 10.8. The molecule has 4 heteroatoms. The Morgan fingerprint density at radius 1 is 1.12 bits per heavy atom. The monoisotopic (exact) mass is 250 g/mol. The first-order chi connectivity index (χ1) is 7.73. The maximum absolute atomic E-state index is 12.2. The summed E-state index contributed by atoms with van der Waals surface area (Å²) < 4.78 is 24.4. The number of Topliss-reactive ketones (excluding diaryl/α,β-unsaturated/α-hetero) is 1. The predicted octanol–water partition coefficient (Wildman–Crippen LogP) is 2.59. The molecule has 0 radical (unpaired) electrons. The van der Waals surface area contributed by atoms with E-state index in [9.17, 15) is 13.2 Å². The number of ketones is 1. The zero-order chi connectivity index (χ0) is 12.8. The molecule has 0 unspecified atom stereocenters. The molecule has 0 aromatic heterocycles. The predicted molar refractivity (Wildman–Crippen MR) is 65.5 cm³/mol. The molecule has 2 rings (SSSR count). The number of hydrogen-bond acceptors (Lipinski definition) is 3. The van der Waals surface area contributed by atoms with Crippen molar-refractivity contribution < 1.29 is 13.2 Å². The normalized spacial score (nSPS) is 20.6. The lowest BCUT2D eigenvalue weighted by molar-refractivity contribution is 0.104. The minimum absolute atomic E-state index is 0.0915. The maximum Gasteiger partial charge on any atom is 0.210 e. The van der Waals surface area contributed by atoms with E-state index in [2.05, 4.69) is 0 Å². The van der Waals surface area contributed by atoms with Gasteiger partial charge >= 0.3 is 0 Å². The van der Waals surface area contributed by atoms with Gasteiger partial charge < -0.3 is 0 Å². The van der Waals surface area contributed by atoms with Crippen LogP contribution in [0.15, 0.2) is 40.1 Å². The summed E-state index contributed by atoms with van der Waals surface area (Å²) in [5.41, 5.74) is -0.0666. The fraction of sp³-hybridized carbons (Fsp3) is 0.308. The first kappa shape index (κ1) is 12.0. The summed E-state index contributed by atoms with van der Waals surface area (Å²) >= 11 is 0. The first-order valence-electron chi connectivity index (χ1n) is 5.35. The fourth-order valence-electron chi connectivity index (χ4n) is 1.80. The van der Waals surface area contributed by atoms with Crippen LogP contribution in [0.1, 0.15) is 31.1 Å². The number of fused-ring (bicyclic) bond motifs is 1. The highest BCUT2D eigenvalue weighted by Gasteiger charge is 2.39. The number of carbonyl (C=O) groups excluding carboxylic acids is 1. The van der Waals surface area contributed by atoms with Gasteiger partial charge in [-0.05, 0) is 17.5 Å².